The van der Waals surface area contributed by atoms with Crippen LogP contribution in [-0.2, 0) is 34.0 Å². The fraction of sp³-hybridized carbons (Fsp3) is 0.654. The zero-order valence-electron chi connectivity index (χ0n) is 22.3. The fourth-order valence-corrected chi connectivity index (χ4v) is 4.98. The highest BCUT2D eigenvalue weighted by molar-refractivity contribution is 5.72. The lowest BCUT2D eigenvalue weighted by atomic mass is 9.87. The third kappa shape index (κ3) is 7.39. The number of ether oxygens (including phenoxy) is 3. The standard InChI is InChI=1S/C26H34F3N5O5/c1-15(2)37-24(35)16-7-6-10-18(13-16)38-21-12-11-19(31-23(21)26(27,28)29)22-20(34(3)33-32-22)14-30-25(36)39-17-8-4-5-9-17/h11-12,15-18H,4-10,13-14H2,1-3H3,(H,30,36)/t16-,18-/m0/s1. The van der Waals surface area contributed by atoms with Gasteiger partial charge >= 0.3 is 18.2 Å². The molecule has 214 valence electrons. The second-order valence-corrected chi connectivity index (χ2v) is 10.3. The number of nitrogens with zero attached hydrogens (tertiary/aromatic N) is 4. The van der Waals surface area contributed by atoms with Crippen molar-refractivity contribution in [1.82, 2.24) is 25.3 Å². The Balaban J connectivity index is 1.49. The van der Waals surface area contributed by atoms with Crippen molar-refractivity contribution in [2.45, 2.75) is 96.2 Å². The molecule has 4 rings (SSSR count). The van der Waals surface area contributed by atoms with Crippen molar-refractivity contribution >= 4 is 12.1 Å². The van der Waals surface area contributed by atoms with Gasteiger partial charge in [-0.3, -0.25) is 4.79 Å². The summed E-state index contributed by atoms with van der Waals surface area (Å²) in [5, 5.41) is 10.5. The molecule has 2 aromatic heterocycles. The first-order chi connectivity index (χ1) is 18.5. The van der Waals surface area contributed by atoms with E-state index in [2.05, 4.69) is 20.6 Å². The number of esters is 1. The molecule has 0 radical (unpaired) electrons. The molecular weight excluding hydrogens is 519 g/mol. The number of hydrogen-bond acceptors (Lipinski definition) is 8. The van der Waals surface area contributed by atoms with Crippen LogP contribution in [0.5, 0.6) is 5.75 Å². The molecule has 2 aliphatic carbocycles. The molecule has 2 saturated carbocycles. The van der Waals surface area contributed by atoms with Crippen molar-refractivity contribution in [3.05, 3.63) is 23.5 Å². The Bertz CT molecular complexity index is 1160. The maximum Gasteiger partial charge on any atom is 0.437 e. The lowest BCUT2D eigenvalue weighted by molar-refractivity contribution is -0.155. The number of alkyl carbamates (subject to hydrolysis) is 1. The first kappa shape index (κ1) is 28.6. The summed E-state index contributed by atoms with van der Waals surface area (Å²) < 4.78 is 60.0. The number of carbonyl (C=O) groups excluding carboxylic acids is 2. The summed E-state index contributed by atoms with van der Waals surface area (Å²) in [5.41, 5.74) is -0.792. The number of amides is 1. The van der Waals surface area contributed by atoms with Gasteiger partial charge in [-0.1, -0.05) is 5.21 Å². The van der Waals surface area contributed by atoms with Crippen LogP contribution in [0, 0.1) is 5.92 Å². The average Bonchev–Trinajstić information content (AvgIpc) is 3.51. The Hall–Kier alpha value is -3.38. The predicted molar refractivity (Wildman–Crippen MR) is 132 cm³/mol. The van der Waals surface area contributed by atoms with E-state index < -0.39 is 35.7 Å². The molecule has 0 unspecified atom stereocenters. The zero-order chi connectivity index (χ0) is 28.2. The van der Waals surface area contributed by atoms with Gasteiger partial charge < -0.3 is 19.5 Å². The van der Waals surface area contributed by atoms with E-state index in [0.29, 0.717) is 25.0 Å². The van der Waals surface area contributed by atoms with Gasteiger partial charge in [-0.25, -0.2) is 14.5 Å². The van der Waals surface area contributed by atoms with Crippen LogP contribution in [0.3, 0.4) is 0 Å². The second kappa shape index (κ2) is 12.2. The van der Waals surface area contributed by atoms with Gasteiger partial charge in [-0.05, 0) is 77.3 Å². The molecule has 10 nitrogen and oxygen atoms in total. The van der Waals surface area contributed by atoms with Crippen LogP contribution in [0.1, 0.15) is 76.6 Å². The van der Waals surface area contributed by atoms with Crippen LogP contribution < -0.4 is 10.1 Å². The number of aromatic nitrogens is 4. The van der Waals surface area contributed by atoms with Gasteiger partial charge in [0.2, 0.25) is 0 Å². The van der Waals surface area contributed by atoms with Crippen molar-refractivity contribution in [3.63, 3.8) is 0 Å². The molecule has 13 heteroatoms. The number of pyridine rings is 1. The minimum atomic E-state index is -4.80. The SMILES string of the molecule is CC(C)OC(=O)[C@H]1CCC[C@H](Oc2ccc(-c3nnn(C)c3CNC(=O)OC3CCCC3)nc2C(F)(F)F)C1. The molecule has 0 saturated heterocycles. The molecule has 0 aliphatic heterocycles. The van der Waals surface area contributed by atoms with E-state index in [1.165, 1.54) is 16.8 Å². The number of nitrogens with one attached hydrogen (secondary N) is 1. The molecule has 39 heavy (non-hydrogen) atoms. The van der Waals surface area contributed by atoms with Gasteiger partial charge in [0.1, 0.15) is 11.8 Å². The van der Waals surface area contributed by atoms with E-state index in [1.807, 2.05) is 0 Å². The van der Waals surface area contributed by atoms with Crippen molar-refractivity contribution in [1.29, 1.82) is 0 Å². The Morgan fingerprint density at radius 3 is 2.51 bits per heavy atom. The van der Waals surface area contributed by atoms with Crippen LogP contribution in [-0.4, -0.2) is 50.4 Å². The smallest absolute Gasteiger partial charge is 0.437 e. The number of alkyl halides is 3. The third-order valence-corrected chi connectivity index (χ3v) is 6.89. The van der Waals surface area contributed by atoms with Crippen molar-refractivity contribution in [3.8, 4) is 17.1 Å². The number of carbonyl (C=O) groups is 2. The maximum atomic E-state index is 14.1. The molecule has 2 aromatic rings. The summed E-state index contributed by atoms with van der Waals surface area (Å²) in [5.74, 6) is -1.21. The van der Waals surface area contributed by atoms with E-state index in [-0.39, 0.29) is 42.5 Å². The molecule has 0 bridgehead atoms. The van der Waals surface area contributed by atoms with E-state index >= 15 is 0 Å². The number of halogens is 3. The van der Waals surface area contributed by atoms with Crippen LogP contribution in [0.25, 0.3) is 11.4 Å². The molecule has 2 aliphatic rings. The van der Waals surface area contributed by atoms with Gasteiger partial charge in [0.15, 0.2) is 11.4 Å². The number of hydrogen-bond donors (Lipinski definition) is 1. The number of aryl methyl sites for hydroxylation is 1. The van der Waals surface area contributed by atoms with E-state index in [0.717, 1.165) is 25.7 Å². The lowest BCUT2D eigenvalue weighted by Gasteiger charge is -2.29. The summed E-state index contributed by atoms with van der Waals surface area (Å²) >= 11 is 0. The molecule has 1 amide bonds. The molecule has 2 heterocycles. The first-order valence-electron chi connectivity index (χ1n) is 13.3. The van der Waals surface area contributed by atoms with Gasteiger partial charge in [0.25, 0.3) is 0 Å². The quantitative estimate of drug-likeness (QED) is 0.456. The summed E-state index contributed by atoms with van der Waals surface area (Å²) in [6, 6.07) is 2.59. The van der Waals surface area contributed by atoms with Gasteiger partial charge in [-0.2, -0.15) is 13.2 Å². The van der Waals surface area contributed by atoms with Crippen LogP contribution in [0.2, 0.25) is 0 Å². The van der Waals surface area contributed by atoms with Gasteiger partial charge in [0, 0.05) is 7.05 Å². The van der Waals surface area contributed by atoms with Gasteiger partial charge in [-0.15, -0.1) is 5.10 Å². The van der Waals surface area contributed by atoms with E-state index in [1.54, 1.807) is 20.9 Å². The van der Waals surface area contributed by atoms with E-state index in [4.69, 9.17) is 14.2 Å². The van der Waals surface area contributed by atoms with E-state index in [9.17, 15) is 22.8 Å². The minimum absolute atomic E-state index is 0.0540. The third-order valence-electron chi connectivity index (χ3n) is 6.89. The first-order valence-corrected chi connectivity index (χ1v) is 13.3. The molecule has 2 fully saturated rings. The van der Waals surface area contributed by atoms with Crippen molar-refractivity contribution in [2.75, 3.05) is 0 Å². The molecule has 0 spiro atoms. The Kier molecular flexibility index (Phi) is 8.96. The van der Waals surface area contributed by atoms with Crippen molar-refractivity contribution in [2.24, 2.45) is 13.0 Å². The molecular formula is C26H34F3N5O5. The lowest BCUT2D eigenvalue weighted by Crippen LogP contribution is -2.32. The molecule has 1 N–H and O–H groups in total. The highest BCUT2D eigenvalue weighted by Gasteiger charge is 2.39. The Morgan fingerprint density at radius 2 is 1.82 bits per heavy atom. The van der Waals surface area contributed by atoms with Crippen LogP contribution >= 0.6 is 0 Å². The monoisotopic (exact) mass is 553 g/mol. The second-order valence-electron chi connectivity index (χ2n) is 10.3. The fourth-order valence-electron chi connectivity index (χ4n) is 4.98. The predicted octanol–water partition coefficient (Wildman–Crippen LogP) is 4.95. The summed E-state index contributed by atoms with van der Waals surface area (Å²) in [6.45, 7) is 3.44. The Morgan fingerprint density at radius 1 is 1.10 bits per heavy atom. The molecule has 2 atom stereocenters. The van der Waals surface area contributed by atoms with Crippen LogP contribution in [0.15, 0.2) is 12.1 Å². The largest absolute Gasteiger partial charge is 0.488 e. The Labute approximate surface area is 224 Å². The maximum absolute atomic E-state index is 14.1. The minimum Gasteiger partial charge on any atom is -0.488 e. The summed E-state index contributed by atoms with van der Waals surface area (Å²) in [6.07, 6.45) is -0.735. The highest BCUT2D eigenvalue weighted by Crippen LogP contribution is 2.38. The normalized spacial score (nSPS) is 20.2. The van der Waals surface area contributed by atoms with Crippen molar-refractivity contribution < 1.29 is 37.0 Å². The van der Waals surface area contributed by atoms with Crippen LogP contribution in [0.4, 0.5) is 18.0 Å². The summed E-state index contributed by atoms with van der Waals surface area (Å²) in [4.78, 5) is 28.4. The highest BCUT2D eigenvalue weighted by atomic mass is 19.4. The zero-order valence-corrected chi connectivity index (χ0v) is 22.3. The van der Waals surface area contributed by atoms with Gasteiger partial charge in [0.05, 0.1) is 36.1 Å². The molecule has 0 aromatic carbocycles. The average molecular weight is 554 g/mol. The number of rotatable bonds is 8. The topological polar surface area (TPSA) is 117 Å². The summed E-state index contributed by atoms with van der Waals surface area (Å²) in [7, 11) is 1.57.